The summed E-state index contributed by atoms with van der Waals surface area (Å²) >= 11 is 0. The Hall–Kier alpha value is -4.95. The first-order chi connectivity index (χ1) is 23.1. The van der Waals surface area contributed by atoms with Crippen molar-refractivity contribution in [1.82, 2.24) is 10.1 Å². The number of aromatic amines is 1. The molecule has 1 aromatic heterocycles. The van der Waals surface area contributed by atoms with Crippen molar-refractivity contribution in [2.24, 2.45) is 0 Å². The summed E-state index contributed by atoms with van der Waals surface area (Å²) in [6.45, 7) is 10.9. The van der Waals surface area contributed by atoms with Crippen LogP contribution < -0.4 is 10.5 Å². The molecule has 5 aromatic rings. The Bertz CT molecular complexity index is 2060. The molecule has 48 heavy (non-hydrogen) atoms. The Kier molecular flexibility index (Phi) is 8.29. The highest BCUT2D eigenvalue weighted by Crippen LogP contribution is 2.37. The number of anilines is 1. The molecule has 0 bridgehead atoms. The second kappa shape index (κ2) is 12.6. The van der Waals surface area contributed by atoms with Crippen molar-refractivity contribution in [1.29, 1.82) is 0 Å². The number of hydrogen-bond donors (Lipinski definition) is 1. The van der Waals surface area contributed by atoms with Crippen LogP contribution in [-0.2, 0) is 11.2 Å². The first kappa shape index (κ1) is 31.6. The highest BCUT2D eigenvalue weighted by Gasteiger charge is 2.25. The molecule has 4 aromatic carbocycles. The second-order valence-electron chi connectivity index (χ2n) is 13.7. The summed E-state index contributed by atoms with van der Waals surface area (Å²) in [4.78, 5) is 29.4. The fourth-order valence-corrected chi connectivity index (χ4v) is 6.88. The summed E-state index contributed by atoms with van der Waals surface area (Å²) in [5.74, 6) is -0.536. The molecule has 7 rings (SSSR count). The average molecular weight is 646 g/mol. The minimum atomic E-state index is -0.534. The average Bonchev–Trinajstić information content (AvgIpc) is 3.47. The molecule has 8 heteroatoms. The lowest BCUT2D eigenvalue weighted by atomic mass is 9.87. The summed E-state index contributed by atoms with van der Waals surface area (Å²) in [6.07, 6.45) is 5.95. The van der Waals surface area contributed by atoms with Crippen LogP contribution in [0.25, 0.3) is 39.3 Å². The Morgan fingerprint density at radius 3 is 2.29 bits per heavy atom. The standard InChI is InChI=1S/C40H40FN3O4/c1-25(43-19-21-44(22-20-43)30-16-13-28(14-17-30)39(46)47-40(2,3)4)31-18-15-29(23-36(31)41)26-9-11-27(12-10-26)34-24-35-37(48-42-38(35)45)33-8-6-5-7-32(33)34/h6,8-18,23-25H,5,7,19-22H2,1-4H3,(H,42,45). The van der Waals surface area contributed by atoms with Crippen LogP contribution in [0.5, 0.6) is 0 Å². The molecule has 0 amide bonds. The SMILES string of the molecule is CC(c1ccc(-c2ccc(-c3cc4c(=O)[nH]oc4c4c3CCC=C4)cc2)cc1F)N1CCN(c2ccc(C(=O)OC(C)(C)C)cc2)CC1. The van der Waals surface area contributed by atoms with E-state index in [2.05, 4.69) is 28.0 Å². The largest absolute Gasteiger partial charge is 0.456 e. The van der Waals surface area contributed by atoms with E-state index < -0.39 is 5.60 Å². The van der Waals surface area contributed by atoms with Gasteiger partial charge in [0, 0.05) is 49.0 Å². The molecule has 1 aliphatic carbocycles. The summed E-state index contributed by atoms with van der Waals surface area (Å²) in [6, 6.07) is 23.1. The van der Waals surface area contributed by atoms with E-state index in [9.17, 15) is 9.59 Å². The number of hydrogen-bond acceptors (Lipinski definition) is 6. The van der Waals surface area contributed by atoms with Crippen LogP contribution in [0.15, 0.2) is 88.2 Å². The summed E-state index contributed by atoms with van der Waals surface area (Å²) in [5.41, 5.74) is 8.02. The molecule has 1 atom stereocenters. The number of rotatable bonds is 6. The fourth-order valence-electron chi connectivity index (χ4n) is 6.88. The number of nitrogens with zero attached hydrogens (tertiary/aromatic N) is 2. The van der Waals surface area contributed by atoms with E-state index in [1.54, 1.807) is 6.07 Å². The van der Waals surface area contributed by atoms with Gasteiger partial charge in [0.15, 0.2) is 5.58 Å². The van der Waals surface area contributed by atoms with E-state index >= 15 is 4.39 Å². The number of benzene rings is 4. The number of nitrogens with one attached hydrogen (secondary N) is 1. The molecule has 0 saturated carbocycles. The number of aromatic nitrogens is 1. The number of esters is 1. The third-order valence-electron chi connectivity index (χ3n) is 9.47. The van der Waals surface area contributed by atoms with Crippen molar-refractivity contribution >= 4 is 28.7 Å². The molecular formula is C40H40FN3O4. The van der Waals surface area contributed by atoms with E-state index in [0.29, 0.717) is 22.1 Å². The van der Waals surface area contributed by atoms with Crippen LogP contribution in [0, 0.1) is 5.82 Å². The maximum atomic E-state index is 15.7. The summed E-state index contributed by atoms with van der Waals surface area (Å²) in [7, 11) is 0. The van der Waals surface area contributed by atoms with Gasteiger partial charge in [0.25, 0.3) is 5.56 Å². The molecule has 246 valence electrons. The molecule has 1 N–H and O–H groups in total. The predicted octanol–water partition coefficient (Wildman–Crippen LogP) is 8.39. The van der Waals surface area contributed by atoms with Crippen molar-refractivity contribution in [3.05, 3.63) is 117 Å². The molecule has 7 nitrogen and oxygen atoms in total. The normalized spacial score (nSPS) is 15.8. The number of halogens is 1. The van der Waals surface area contributed by atoms with Gasteiger partial charge in [-0.2, -0.15) is 5.16 Å². The predicted molar refractivity (Wildman–Crippen MR) is 189 cm³/mol. The van der Waals surface area contributed by atoms with Crippen LogP contribution in [-0.4, -0.2) is 47.8 Å². The van der Waals surface area contributed by atoms with Gasteiger partial charge in [-0.25, -0.2) is 9.18 Å². The van der Waals surface area contributed by atoms with Crippen LogP contribution in [0.1, 0.15) is 67.2 Å². The van der Waals surface area contributed by atoms with E-state index in [0.717, 1.165) is 72.5 Å². The Morgan fingerprint density at radius 2 is 1.60 bits per heavy atom. The number of carbonyl (C=O) groups is 1. The molecule has 1 aliphatic heterocycles. The van der Waals surface area contributed by atoms with Crippen molar-refractivity contribution in [2.75, 3.05) is 31.1 Å². The van der Waals surface area contributed by atoms with Gasteiger partial charge in [-0.1, -0.05) is 48.6 Å². The van der Waals surface area contributed by atoms with Gasteiger partial charge in [0.05, 0.1) is 10.9 Å². The van der Waals surface area contributed by atoms with Gasteiger partial charge in [-0.3, -0.25) is 9.69 Å². The molecule has 2 aliphatic rings. The first-order valence-electron chi connectivity index (χ1n) is 16.6. The highest BCUT2D eigenvalue weighted by atomic mass is 19.1. The Labute approximate surface area is 279 Å². The van der Waals surface area contributed by atoms with Crippen molar-refractivity contribution in [3.8, 4) is 22.3 Å². The van der Waals surface area contributed by atoms with Crippen molar-refractivity contribution in [2.45, 2.75) is 52.2 Å². The van der Waals surface area contributed by atoms with Gasteiger partial charge in [0.2, 0.25) is 0 Å². The third-order valence-corrected chi connectivity index (χ3v) is 9.47. The number of ether oxygens (including phenoxy) is 1. The van der Waals surface area contributed by atoms with E-state index in [4.69, 9.17) is 9.26 Å². The maximum absolute atomic E-state index is 15.7. The smallest absolute Gasteiger partial charge is 0.338 e. The Balaban J connectivity index is 1.02. The zero-order chi connectivity index (χ0) is 33.6. The molecular weight excluding hydrogens is 605 g/mol. The van der Waals surface area contributed by atoms with Gasteiger partial charge in [0.1, 0.15) is 11.4 Å². The van der Waals surface area contributed by atoms with Crippen LogP contribution in [0.4, 0.5) is 10.1 Å². The minimum Gasteiger partial charge on any atom is -0.456 e. The summed E-state index contributed by atoms with van der Waals surface area (Å²) in [5, 5.41) is 3.02. The van der Waals surface area contributed by atoms with Crippen molar-refractivity contribution in [3.63, 3.8) is 0 Å². The zero-order valence-corrected chi connectivity index (χ0v) is 27.8. The molecule has 1 unspecified atom stereocenters. The third kappa shape index (κ3) is 6.20. The number of H-pyrrole nitrogens is 1. The van der Waals surface area contributed by atoms with Crippen LogP contribution in [0.2, 0.25) is 0 Å². The number of piperazine rings is 1. The number of carbonyl (C=O) groups excluding carboxylic acids is 1. The number of fused-ring (bicyclic) bond motifs is 3. The molecule has 1 fully saturated rings. The molecule has 2 heterocycles. The highest BCUT2D eigenvalue weighted by molar-refractivity contribution is 5.93. The van der Waals surface area contributed by atoms with E-state index in [-0.39, 0.29) is 23.4 Å². The van der Waals surface area contributed by atoms with Gasteiger partial charge >= 0.3 is 5.97 Å². The lowest BCUT2D eigenvalue weighted by Gasteiger charge is -2.39. The topological polar surface area (TPSA) is 78.8 Å². The monoisotopic (exact) mass is 645 g/mol. The Morgan fingerprint density at radius 1 is 0.917 bits per heavy atom. The van der Waals surface area contributed by atoms with E-state index in [1.807, 2.05) is 93.6 Å². The maximum Gasteiger partial charge on any atom is 0.338 e. The summed E-state index contributed by atoms with van der Waals surface area (Å²) < 4.78 is 26.6. The lowest BCUT2D eigenvalue weighted by Crippen LogP contribution is -2.47. The van der Waals surface area contributed by atoms with E-state index in [1.165, 1.54) is 5.56 Å². The van der Waals surface area contributed by atoms with Crippen molar-refractivity contribution < 1.29 is 18.4 Å². The second-order valence-corrected chi connectivity index (χ2v) is 13.7. The lowest BCUT2D eigenvalue weighted by molar-refractivity contribution is 0.00695. The minimum absolute atomic E-state index is 0.0701. The molecule has 0 radical (unpaired) electrons. The fraction of sp³-hybridized carbons (Fsp3) is 0.300. The number of allylic oxidation sites excluding steroid dienone is 1. The molecule has 0 spiro atoms. The first-order valence-corrected chi connectivity index (χ1v) is 16.6. The van der Waals surface area contributed by atoms with Gasteiger partial charge in [-0.15, -0.1) is 0 Å². The van der Waals surface area contributed by atoms with Gasteiger partial charge in [-0.05, 0) is 105 Å². The van der Waals surface area contributed by atoms with Crippen LogP contribution in [0.3, 0.4) is 0 Å². The quantitative estimate of drug-likeness (QED) is 0.187. The molecule has 1 saturated heterocycles. The van der Waals surface area contributed by atoms with Gasteiger partial charge < -0.3 is 14.2 Å². The zero-order valence-electron chi connectivity index (χ0n) is 27.8. The van der Waals surface area contributed by atoms with Crippen LogP contribution >= 0.6 is 0 Å².